The number of anilines is 2. The lowest BCUT2D eigenvalue weighted by Crippen LogP contribution is -2.36. The summed E-state index contributed by atoms with van der Waals surface area (Å²) in [7, 11) is 0. The van der Waals surface area contributed by atoms with E-state index in [1.54, 1.807) is 6.33 Å². The number of aromatic nitrogens is 4. The minimum Gasteiger partial charge on any atom is -0.368 e. The van der Waals surface area contributed by atoms with Gasteiger partial charge in [-0.05, 0) is 31.8 Å². The molecule has 0 bridgehead atoms. The first kappa shape index (κ1) is 13.1. The van der Waals surface area contributed by atoms with E-state index < -0.39 is 0 Å². The molecule has 3 rings (SSSR count). The first-order chi connectivity index (χ1) is 9.72. The van der Waals surface area contributed by atoms with E-state index in [1.165, 1.54) is 25.9 Å². The summed E-state index contributed by atoms with van der Waals surface area (Å²) in [6.07, 6.45) is 4.20. The fraction of sp³-hybridized carbons (Fsp3) is 0.615. The van der Waals surface area contributed by atoms with Crippen molar-refractivity contribution in [2.24, 2.45) is 5.92 Å². The molecule has 1 aliphatic heterocycles. The van der Waals surface area contributed by atoms with Crippen LogP contribution in [0, 0.1) is 5.92 Å². The van der Waals surface area contributed by atoms with Crippen molar-refractivity contribution in [2.75, 3.05) is 37.2 Å². The molecule has 7 nitrogen and oxygen atoms in total. The summed E-state index contributed by atoms with van der Waals surface area (Å²) in [5.74, 6) is 1.85. The van der Waals surface area contributed by atoms with Gasteiger partial charge in [-0.15, -0.1) is 0 Å². The Bertz CT molecular complexity index is 571. The first-order valence-corrected chi connectivity index (χ1v) is 7.15. The van der Waals surface area contributed by atoms with Crippen LogP contribution in [0.15, 0.2) is 6.33 Å². The fourth-order valence-corrected chi connectivity index (χ4v) is 2.60. The molecular formula is C13H21N7. The number of hydrogen-bond acceptors (Lipinski definition) is 6. The molecule has 0 amide bonds. The molecule has 2 aromatic rings. The lowest BCUT2D eigenvalue weighted by Gasteiger charge is -2.30. The van der Waals surface area contributed by atoms with E-state index in [9.17, 15) is 0 Å². The number of aromatic amines is 1. The predicted molar refractivity (Wildman–Crippen MR) is 79.4 cm³/mol. The van der Waals surface area contributed by atoms with E-state index in [0.29, 0.717) is 5.65 Å². The van der Waals surface area contributed by atoms with Gasteiger partial charge in [0.2, 0.25) is 5.95 Å². The van der Waals surface area contributed by atoms with Crippen molar-refractivity contribution in [3.05, 3.63) is 6.33 Å². The number of H-pyrrole nitrogens is 1. The van der Waals surface area contributed by atoms with Crippen LogP contribution in [0.2, 0.25) is 0 Å². The van der Waals surface area contributed by atoms with Crippen LogP contribution in [0.3, 0.4) is 0 Å². The zero-order chi connectivity index (χ0) is 13.9. The van der Waals surface area contributed by atoms with Crippen LogP contribution in [0.25, 0.3) is 11.2 Å². The summed E-state index contributed by atoms with van der Waals surface area (Å²) in [4.78, 5) is 17.9. The lowest BCUT2D eigenvalue weighted by molar-refractivity contribution is 0.199. The molecule has 0 aromatic carbocycles. The minimum atomic E-state index is 0.249. The van der Waals surface area contributed by atoms with Gasteiger partial charge in [-0.3, -0.25) is 0 Å². The number of nitrogens with one attached hydrogen (secondary N) is 2. The highest BCUT2D eigenvalue weighted by atomic mass is 15.2. The van der Waals surface area contributed by atoms with Gasteiger partial charge in [0.1, 0.15) is 5.52 Å². The zero-order valence-corrected chi connectivity index (χ0v) is 11.8. The van der Waals surface area contributed by atoms with Crippen molar-refractivity contribution >= 4 is 22.9 Å². The Morgan fingerprint density at radius 3 is 3.00 bits per heavy atom. The topological polar surface area (TPSA) is 95.8 Å². The number of rotatable bonds is 4. The first-order valence-electron chi connectivity index (χ1n) is 7.15. The Labute approximate surface area is 118 Å². The van der Waals surface area contributed by atoms with E-state index in [2.05, 4.69) is 37.1 Å². The third-order valence-electron chi connectivity index (χ3n) is 3.90. The van der Waals surface area contributed by atoms with E-state index in [4.69, 9.17) is 5.73 Å². The van der Waals surface area contributed by atoms with E-state index in [-0.39, 0.29) is 5.95 Å². The van der Waals surface area contributed by atoms with Crippen LogP contribution >= 0.6 is 0 Å². The van der Waals surface area contributed by atoms with Gasteiger partial charge in [0, 0.05) is 13.1 Å². The van der Waals surface area contributed by atoms with Crippen molar-refractivity contribution in [1.82, 2.24) is 24.8 Å². The number of hydrogen-bond donors (Lipinski definition) is 3. The molecule has 7 heteroatoms. The van der Waals surface area contributed by atoms with E-state index >= 15 is 0 Å². The molecule has 0 aliphatic carbocycles. The summed E-state index contributed by atoms with van der Waals surface area (Å²) in [5.41, 5.74) is 7.10. The fourth-order valence-electron chi connectivity index (χ4n) is 2.60. The Kier molecular flexibility index (Phi) is 3.68. The average Bonchev–Trinajstić information content (AvgIpc) is 2.89. The second-order valence-corrected chi connectivity index (χ2v) is 5.48. The summed E-state index contributed by atoms with van der Waals surface area (Å²) in [5, 5.41) is 3.33. The summed E-state index contributed by atoms with van der Waals surface area (Å²) < 4.78 is 0. The highest BCUT2D eigenvalue weighted by molar-refractivity contribution is 5.83. The highest BCUT2D eigenvalue weighted by Gasteiger charge is 2.15. The van der Waals surface area contributed by atoms with Gasteiger partial charge in [0.25, 0.3) is 0 Å². The minimum absolute atomic E-state index is 0.249. The number of nitrogen functional groups attached to an aromatic ring is 1. The monoisotopic (exact) mass is 275 g/mol. The molecule has 0 atom stereocenters. The van der Waals surface area contributed by atoms with Crippen LogP contribution in [0.1, 0.15) is 19.8 Å². The average molecular weight is 275 g/mol. The molecular weight excluding hydrogens is 254 g/mol. The van der Waals surface area contributed by atoms with Gasteiger partial charge in [-0.1, -0.05) is 6.92 Å². The second kappa shape index (κ2) is 5.62. The van der Waals surface area contributed by atoms with Gasteiger partial charge in [-0.2, -0.15) is 9.97 Å². The maximum Gasteiger partial charge on any atom is 0.224 e. The molecule has 1 fully saturated rings. The smallest absolute Gasteiger partial charge is 0.224 e. The molecule has 2 aromatic heterocycles. The molecule has 4 N–H and O–H groups in total. The molecule has 0 unspecified atom stereocenters. The van der Waals surface area contributed by atoms with Crippen LogP contribution in [-0.2, 0) is 0 Å². The van der Waals surface area contributed by atoms with Crippen molar-refractivity contribution < 1.29 is 0 Å². The number of imidazole rings is 1. The number of likely N-dealkylation sites (tertiary alicyclic amines) is 1. The quantitative estimate of drug-likeness (QED) is 0.772. The Morgan fingerprint density at radius 2 is 2.20 bits per heavy atom. The van der Waals surface area contributed by atoms with Crippen LogP contribution in [-0.4, -0.2) is 51.0 Å². The maximum absolute atomic E-state index is 5.69. The van der Waals surface area contributed by atoms with Crippen molar-refractivity contribution in [3.63, 3.8) is 0 Å². The summed E-state index contributed by atoms with van der Waals surface area (Å²) in [6.45, 7) is 6.57. The highest BCUT2D eigenvalue weighted by Crippen LogP contribution is 2.18. The molecule has 0 radical (unpaired) electrons. The number of nitrogens with zero attached hydrogens (tertiary/aromatic N) is 4. The van der Waals surface area contributed by atoms with Gasteiger partial charge in [0.15, 0.2) is 11.5 Å². The third-order valence-corrected chi connectivity index (χ3v) is 3.90. The van der Waals surface area contributed by atoms with Gasteiger partial charge < -0.3 is 20.9 Å². The van der Waals surface area contributed by atoms with Crippen LogP contribution < -0.4 is 11.1 Å². The zero-order valence-electron chi connectivity index (χ0n) is 11.8. The predicted octanol–water partition coefficient (Wildman–Crippen LogP) is 1.08. The van der Waals surface area contributed by atoms with Crippen molar-refractivity contribution in [1.29, 1.82) is 0 Å². The number of nitrogens with two attached hydrogens (primary N) is 1. The molecule has 3 heterocycles. The van der Waals surface area contributed by atoms with Gasteiger partial charge in [0.05, 0.1) is 6.33 Å². The lowest BCUT2D eigenvalue weighted by atomic mass is 9.99. The molecule has 108 valence electrons. The van der Waals surface area contributed by atoms with Crippen LogP contribution in [0.5, 0.6) is 0 Å². The molecule has 20 heavy (non-hydrogen) atoms. The SMILES string of the molecule is CC1CCN(CCNc2nc(N)nc3nc[nH]c23)CC1. The molecule has 0 saturated carbocycles. The Morgan fingerprint density at radius 1 is 1.40 bits per heavy atom. The van der Waals surface area contributed by atoms with Crippen molar-refractivity contribution in [2.45, 2.75) is 19.8 Å². The maximum atomic E-state index is 5.69. The third kappa shape index (κ3) is 2.82. The van der Waals surface area contributed by atoms with Gasteiger partial charge in [-0.25, -0.2) is 4.98 Å². The van der Waals surface area contributed by atoms with Crippen molar-refractivity contribution in [3.8, 4) is 0 Å². The largest absolute Gasteiger partial charge is 0.368 e. The van der Waals surface area contributed by atoms with E-state index in [1.807, 2.05) is 0 Å². The summed E-state index contributed by atoms with van der Waals surface area (Å²) >= 11 is 0. The Hall–Kier alpha value is -1.89. The number of fused-ring (bicyclic) bond motifs is 1. The number of piperidine rings is 1. The van der Waals surface area contributed by atoms with Gasteiger partial charge >= 0.3 is 0 Å². The second-order valence-electron chi connectivity index (χ2n) is 5.48. The standard InChI is InChI=1S/C13H21N7/c1-9-2-5-20(6-3-9)7-4-15-11-10-12(17-8-16-10)19-13(14)18-11/h8-9H,2-7H2,1H3,(H4,14,15,16,17,18,19). The summed E-state index contributed by atoms with van der Waals surface area (Å²) in [6, 6.07) is 0. The molecule has 0 spiro atoms. The van der Waals surface area contributed by atoms with E-state index in [0.717, 1.165) is 30.3 Å². The normalized spacial score (nSPS) is 17.6. The van der Waals surface area contributed by atoms with Crippen LogP contribution in [0.4, 0.5) is 11.8 Å². The molecule has 1 saturated heterocycles. The molecule has 1 aliphatic rings. The Balaban J connectivity index is 1.58.